The summed E-state index contributed by atoms with van der Waals surface area (Å²) >= 11 is 3.40. The van der Waals surface area contributed by atoms with Crippen molar-refractivity contribution in [3.05, 3.63) is 28.2 Å². The van der Waals surface area contributed by atoms with Gasteiger partial charge in [-0.2, -0.15) is 0 Å². The maximum absolute atomic E-state index is 12.1. The quantitative estimate of drug-likeness (QED) is 0.847. The molecule has 1 amide bonds. The van der Waals surface area contributed by atoms with Gasteiger partial charge in [-0.3, -0.25) is 9.59 Å². The fourth-order valence-electron chi connectivity index (χ4n) is 2.79. The van der Waals surface area contributed by atoms with Gasteiger partial charge in [0.15, 0.2) is 0 Å². The molecule has 100 valence electrons. The van der Waals surface area contributed by atoms with Gasteiger partial charge in [-0.05, 0) is 50.0 Å². The summed E-state index contributed by atoms with van der Waals surface area (Å²) in [4.78, 5) is 25.7. The van der Waals surface area contributed by atoms with E-state index < -0.39 is 5.91 Å². The monoisotopic (exact) mass is 322 g/mol. The third-order valence-electron chi connectivity index (χ3n) is 3.77. The molecule has 1 unspecified atom stereocenters. The first-order valence-electron chi connectivity index (χ1n) is 6.53. The zero-order valence-corrected chi connectivity index (χ0v) is 12.1. The number of fused-ring (bicyclic) bond motifs is 1. The van der Waals surface area contributed by atoms with Crippen LogP contribution in [0.2, 0.25) is 0 Å². The summed E-state index contributed by atoms with van der Waals surface area (Å²) in [5.41, 5.74) is 1.27. The number of hydrogen-bond donors (Lipinski definition) is 1. The van der Waals surface area contributed by atoms with E-state index in [1.165, 1.54) is 0 Å². The highest BCUT2D eigenvalue weighted by Crippen LogP contribution is 2.32. The molecule has 0 radical (unpaired) electrons. The Kier molecular flexibility index (Phi) is 3.41. The summed E-state index contributed by atoms with van der Waals surface area (Å²) in [6.07, 6.45) is 2.24. The molecular formula is C14H15BrN2O2. The highest BCUT2D eigenvalue weighted by Gasteiger charge is 2.36. The summed E-state index contributed by atoms with van der Waals surface area (Å²) in [5.74, 6) is -0.347. The van der Waals surface area contributed by atoms with E-state index in [4.69, 9.17) is 0 Å². The van der Waals surface area contributed by atoms with Crippen molar-refractivity contribution in [2.45, 2.75) is 12.8 Å². The number of anilines is 1. The van der Waals surface area contributed by atoms with E-state index in [0.29, 0.717) is 18.0 Å². The second kappa shape index (κ2) is 5.06. The second-order valence-corrected chi connectivity index (χ2v) is 6.03. The molecule has 2 aliphatic rings. The van der Waals surface area contributed by atoms with Crippen LogP contribution in [0.4, 0.5) is 5.69 Å². The van der Waals surface area contributed by atoms with Gasteiger partial charge in [0.05, 0.1) is 11.3 Å². The zero-order chi connectivity index (χ0) is 13.4. The molecule has 19 heavy (non-hydrogen) atoms. The van der Waals surface area contributed by atoms with Crippen LogP contribution in [-0.2, 0) is 4.79 Å². The minimum absolute atomic E-state index is 0.383. The molecule has 1 N–H and O–H groups in total. The van der Waals surface area contributed by atoms with Gasteiger partial charge in [0.2, 0.25) is 0 Å². The van der Waals surface area contributed by atoms with Crippen molar-refractivity contribution in [2.75, 3.05) is 24.5 Å². The zero-order valence-electron chi connectivity index (χ0n) is 10.5. The lowest BCUT2D eigenvalue weighted by Gasteiger charge is -2.27. The number of nitrogens with zero attached hydrogens (tertiary/aromatic N) is 1. The van der Waals surface area contributed by atoms with Gasteiger partial charge >= 0.3 is 0 Å². The highest BCUT2D eigenvalue weighted by molar-refractivity contribution is 9.10. The van der Waals surface area contributed by atoms with Gasteiger partial charge in [0.1, 0.15) is 0 Å². The average Bonchev–Trinajstić information content (AvgIpc) is 2.65. The van der Waals surface area contributed by atoms with Crippen LogP contribution < -0.4 is 10.2 Å². The first-order valence-corrected chi connectivity index (χ1v) is 7.32. The fourth-order valence-corrected chi connectivity index (χ4v) is 3.14. The molecule has 4 nitrogen and oxygen atoms in total. The number of carbonyl (C=O) groups excluding carboxylic acids is 2. The predicted octanol–water partition coefficient (Wildman–Crippen LogP) is 1.98. The molecule has 0 spiro atoms. The Bertz CT molecular complexity index is 538. The molecular weight excluding hydrogens is 308 g/mol. The van der Waals surface area contributed by atoms with E-state index in [1.54, 1.807) is 17.0 Å². The first-order chi connectivity index (χ1) is 9.16. The maximum atomic E-state index is 12.1. The molecule has 0 saturated carbocycles. The SMILES string of the molecule is O=C1C(=O)N(CC2CCCNC2)c2cc(Br)ccc21. The van der Waals surface area contributed by atoms with E-state index in [2.05, 4.69) is 21.2 Å². The number of nitrogens with one attached hydrogen (secondary N) is 1. The molecule has 2 aliphatic heterocycles. The number of carbonyl (C=O) groups is 2. The molecule has 0 bridgehead atoms. The lowest BCUT2D eigenvalue weighted by atomic mass is 9.99. The molecule has 1 aromatic rings. The number of amides is 1. The maximum Gasteiger partial charge on any atom is 0.299 e. The molecule has 1 atom stereocenters. The molecule has 2 heterocycles. The van der Waals surface area contributed by atoms with Crippen molar-refractivity contribution in [3.8, 4) is 0 Å². The normalized spacial score (nSPS) is 22.8. The van der Waals surface area contributed by atoms with Crippen LogP contribution in [0.1, 0.15) is 23.2 Å². The fraction of sp³-hybridized carbons (Fsp3) is 0.429. The van der Waals surface area contributed by atoms with Crippen LogP contribution in [-0.4, -0.2) is 31.3 Å². The number of halogens is 1. The van der Waals surface area contributed by atoms with Gasteiger partial charge in [-0.1, -0.05) is 15.9 Å². The molecule has 0 aromatic heterocycles. The van der Waals surface area contributed by atoms with Crippen LogP contribution in [0, 0.1) is 5.92 Å². The molecule has 5 heteroatoms. The van der Waals surface area contributed by atoms with Crippen LogP contribution in [0.15, 0.2) is 22.7 Å². The Morgan fingerprint density at radius 3 is 2.95 bits per heavy atom. The standard InChI is InChI=1S/C14H15BrN2O2/c15-10-3-4-11-12(6-10)17(14(19)13(11)18)8-9-2-1-5-16-7-9/h3-4,6,9,16H,1-2,5,7-8H2. The molecule has 1 fully saturated rings. The Hall–Kier alpha value is -1.20. The number of rotatable bonds is 2. The van der Waals surface area contributed by atoms with Gasteiger partial charge in [0.25, 0.3) is 11.7 Å². The Labute approximate surface area is 120 Å². The van der Waals surface area contributed by atoms with Crippen molar-refractivity contribution in [1.29, 1.82) is 0 Å². The summed E-state index contributed by atoms with van der Waals surface area (Å²) in [7, 11) is 0. The summed E-state index contributed by atoms with van der Waals surface area (Å²) in [5, 5.41) is 3.34. The summed E-state index contributed by atoms with van der Waals surface area (Å²) < 4.78 is 0.889. The van der Waals surface area contributed by atoms with E-state index in [9.17, 15) is 9.59 Å². The van der Waals surface area contributed by atoms with E-state index in [1.807, 2.05) is 6.07 Å². The topological polar surface area (TPSA) is 49.4 Å². The summed E-state index contributed by atoms with van der Waals surface area (Å²) in [6, 6.07) is 5.38. The van der Waals surface area contributed by atoms with Crippen molar-refractivity contribution in [1.82, 2.24) is 5.32 Å². The Morgan fingerprint density at radius 1 is 1.37 bits per heavy atom. The van der Waals surface area contributed by atoms with Gasteiger partial charge in [-0.15, -0.1) is 0 Å². The number of ketones is 1. The largest absolute Gasteiger partial charge is 0.316 e. The summed E-state index contributed by atoms with van der Waals surface area (Å²) in [6.45, 7) is 2.59. The smallest absolute Gasteiger partial charge is 0.299 e. The minimum atomic E-state index is -0.390. The lowest BCUT2D eigenvalue weighted by molar-refractivity contribution is -0.114. The third kappa shape index (κ3) is 2.32. The number of benzene rings is 1. The first kappa shape index (κ1) is 12.8. The van der Waals surface area contributed by atoms with Crippen LogP contribution >= 0.6 is 15.9 Å². The van der Waals surface area contributed by atoms with Crippen molar-refractivity contribution in [3.63, 3.8) is 0 Å². The van der Waals surface area contributed by atoms with Crippen molar-refractivity contribution < 1.29 is 9.59 Å². The van der Waals surface area contributed by atoms with Gasteiger partial charge < -0.3 is 10.2 Å². The van der Waals surface area contributed by atoms with E-state index in [0.717, 1.165) is 36.1 Å². The third-order valence-corrected chi connectivity index (χ3v) is 4.27. The lowest BCUT2D eigenvalue weighted by Crippen LogP contribution is -2.40. The average molecular weight is 323 g/mol. The molecule has 1 aromatic carbocycles. The highest BCUT2D eigenvalue weighted by atomic mass is 79.9. The number of hydrogen-bond acceptors (Lipinski definition) is 3. The van der Waals surface area contributed by atoms with Crippen LogP contribution in [0.3, 0.4) is 0 Å². The van der Waals surface area contributed by atoms with Crippen molar-refractivity contribution in [2.24, 2.45) is 5.92 Å². The van der Waals surface area contributed by atoms with Gasteiger partial charge in [-0.25, -0.2) is 0 Å². The van der Waals surface area contributed by atoms with Crippen molar-refractivity contribution >= 4 is 33.3 Å². The molecule has 0 aliphatic carbocycles. The van der Waals surface area contributed by atoms with Gasteiger partial charge in [0, 0.05) is 11.0 Å². The number of Topliss-reactive ketones (excluding diaryl/α,β-unsaturated/α-hetero) is 1. The van der Waals surface area contributed by atoms with E-state index in [-0.39, 0.29) is 5.78 Å². The molecule has 3 rings (SSSR count). The second-order valence-electron chi connectivity index (χ2n) is 5.12. The van der Waals surface area contributed by atoms with Crippen LogP contribution in [0.25, 0.3) is 0 Å². The minimum Gasteiger partial charge on any atom is -0.316 e. The Morgan fingerprint density at radius 2 is 2.21 bits per heavy atom. The Balaban J connectivity index is 1.87. The molecule has 1 saturated heterocycles. The van der Waals surface area contributed by atoms with E-state index >= 15 is 0 Å². The number of piperidine rings is 1. The predicted molar refractivity (Wildman–Crippen MR) is 76.4 cm³/mol. The van der Waals surface area contributed by atoms with Crippen LogP contribution in [0.5, 0.6) is 0 Å².